The molecule has 0 atom stereocenters. The predicted octanol–water partition coefficient (Wildman–Crippen LogP) is 2.18. The number of carbonyl (C=O) groups excluding carboxylic acids is 1. The highest BCUT2D eigenvalue weighted by molar-refractivity contribution is 7.89. The lowest BCUT2D eigenvalue weighted by Gasteiger charge is -2.24. The van der Waals surface area contributed by atoms with Crippen molar-refractivity contribution < 1.29 is 17.9 Å². The molecule has 2 rings (SSSR count). The Morgan fingerprint density at radius 1 is 1.04 bits per heavy atom. The van der Waals surface area contributed by atoms with E-state index in [0.29, 0.717) is 44.1 Å². The Morgan fingerprint density at radius 2 is 1.65 bits per heavy atom. The van der Waals surface area contributed by atoms with Crippen LogP contribution in [-0.4, -0.2) is 62.9 Å². The van der Waals surface area contributed by atoms with Crippen molar-refractivity contribution in [3.05, 3.63) is 28.3 Å². The van der Waals surface area contributed by atoms with Crippen molar-refractivity contribution in [2.45, 2.75) is 45.9 Å². The van der Waals surface area contributed by atoms with Crippen LogP contribution in [0.5, 0.6) is 0 Å². The van der Waals surface area contributed by atoms with Gasteiger partial charge in [0.1, 0.15) is 0 Å². The van der Waals surface area contributed by atoms with E-state index in [-0.39, 0.29) is 12.5 Å². The van der Waals surface area contributed by atoms with Crippen molar-refractivity contribution in [2.75, 3.05) is 39.3 Å². The number of hydrogen-bond acceptors (Lipinski definition) is 5. The minimum Gasteiger partial charge on any atom is -0.465 e. The SMILES string of the molecule is CCOC(=O)CN1CCCN(S(=O)(=O)c2c(C)c(C)cc(C)c2C)CC1. The molecule has 7 heteroatoms. The van der Waals surface area contributed by atoms with Crippen LogP contribution in [0.2, 0.25) is 0 Å². The van der Waals surface area contributed by atoms with Gasteiger partial charge in [-0.25, -0.2) is 8.42 Å². The van der Waals surface area contributed by atoms with Crippen molar-refractivity contribution in [3.63, 3.8) is 0 Å². The minimum absolute atomic E-state index is 0.212. The van der Waals surface area contributed by atoms with Gasteiger partial charge in [-0.3, -0.25) is 9.69 Å². The Kier molecular flexibility index (Phi) is 6.82. The van der Waals surface area contributed by atoms with Gasteiger partial charge in [0.2, 0.25) is 10.0 Å². The number of aryl methyl sites for hydroxylation is 2. The molecule has 1 aliphatic heterocycles. The van der Waals surface area contributed by atoms with Crippen LogP contribution in [0.15, 0.2) is 11.0 Å². The lowest BCUT2D eigenvalue weighted by Crippen LogP contribution is -2.37. The first-order chi connectivity index (χ1) is 12.2. The van der Waals surface area contributed by atoms with E-state index in [1.807, 2.05) is 38.7 Å². The largest absolute Gasteiger partial charge is 0.465 e. The molecular formula is C19H30N2O4S. The normalized spacial score (nSPS) is 17.1. The second-order valence-corrected chi connectivity index (χ2v) is 8.80. The Morgan fingerprint density at radius 3 is 2.23 bits per heavy atom. The van der Waals surface area contributed by atoms with E-state index in [2.05, 4.69) is 0 Å². The standard InChI is InChI=1S/C19H30N2O4S/c1-6-25-18(22)13-20-8-7-9-21(11-10-20)26(23,24)19-16(4)14(2)12-15(3)17(19)5/h12H,6-11,13H2,1-5H3. The minimum atomic E-state index is -3.56. The molecule has 0 spiro atoms. The fourth-order valence-electron chi connectivity index (χ4n) is 3.43. The quantitative estimate of drug-likeness (QED) is 0.730. The lowest BCUT2D eigenvalue weighted by atomic mass is 10.0. The lowest BCUT2D eigenvalue weighted by molar-refractivity contribution is -0.144. The molecule has 1 fully saturated rings. The topological polar surface area (TPSA) is 66.9 Å². The fraction of sp³-hybridized carbons (Fsp3) is 0.632. The first-order valence-electron chi connectivity index (χ1n) is 9.14. The van der Waals surface area contributed by atoms with Crippen LogP contribution in [0.3, 0.4) is 0 Å². The van der Waals surface area contributed by atoms with Gasteiger partial charge in [0.25, 0.3) is 0 Å². The first-order valence-corrected chi connectivity index (χ1v) is 10.6. The van der Waals surface area contributed by atoms with E-state index in [9.17, 15) is 13.2 Å². The van der Waals surface area contributed by atoms with Gasteiger partial charge in [0.05, 0.1) is 18.0 Å². The average Bonchev–Trinajstić information content (AvgIpc) is 2.79. The zero-order chi connectivity index (χ0) is 19.5. The highest BCUT2D eigenvalue weighted by Gasteiger charge is 2.30. The molecule has 0 radical (unpaired) electrons. The molecule has 6 nitrogen and oxygen atoms in total. The summed E-state index contributed by atoms with van der Waals surface area (Å²) in [7, 11) is -3.56. The van der Waals surface area contributed by atoms with Gasteiger partial charge in [-0.15, -0.1) is 0 Å². The third-order valence-corrected chi connectivity index (χ3v) is 7.27. The Bertz CT molecular complexity index is 748. The number of esters is 1. The van der Waals surface area contributed by atoms with Gasteiger partial charge in [-0.1, -0.05) is 6.07 Å². The molecule has 0 aromatic heterocycles. The molecule has 0 bridgehead atoms. The van der Waals surface area contributed by atoms with Crippen LogP contribution in [0.4, 0.5) is 0 Å². The Balaban J connectivity index is 2.22. The Labute approximate surface area is 157 Å². The summed E-state index contributed by atoms with van der Waals surface area (Å²) < 4.78 is 33.2. The zero-order valence-electron chi connectivity index (χ0n) is 16.5. The number of sulfonamides is 1. The van der Waals surface area contributed by atoms with Crippen LogP contribution < -0.4 is 0 Å². The Hall–Kier alpha value is -1.44. The maximum atomic E-state index is 13.3. The highest BCUT2D eigenvalue weighted by Crippen LogP contribution is 2.29. The molecule has 1 heterocycles. The molecule has 1 aliphatic rings. The molecule has 146 valence electrons. The van der Waals surface area contributed by atoms with E-state index >= 15 is 0 Å². The van der Waals surface area contributed by atoms with Crippen LogP contribution in [-0.2, 0) is 19.6 Å². The van der Waals surface area contributed by atoms with E-state index in [1.165, 1.54) is 0 Å². The summed E-state index contributed by atoms with van der Waals surface area (Å²) in [5, 5.41) is 0. The van der Waals surface area contributed by atoms with E-state index in [1.54, 1.807) is 11.2 Å². The van der Waals surface area contributed by atoms with Crippen LogP contribution >= 0.6 is 0 Å². The second kappa shape index (κ2) is 8.50. The number of rotatable bonds is 5. The van der Waals surface area contributed by atoms with Gasteiger partial charge in [0, 0.05) is 26.2 Å². The number of ether oxygens (including phenoxy) is 1. The van der Waals surface area contributed by atoms with Gasteiger partial charge in [-0.2, -0.15) is 4.31 Å². The molecule has 26 heavy (non-hydrogen) atoms. The molecule has 1 aromatic rings. The maximum Gasteiger partial charge on any atom is 0.320 e. The van der Waals surface area contributed by atoms with Gasteiger partial charge < -0.3 is 4.74 Å². The van der Waals surface area contributed by atoms with E-state index < -0.39 is 10.0 Å². The third-order valence-electron chi connectivity index (χ3n) is 5.10. The van der Waals surface area contributed by atoms with E-state index in [4.69, 9.17) is 4.74 Å². The summed E-state index contributed by atoms with van der Waals surface area (Å²) >= 11 is 0. The maximum absolute atomic E-state index is 13.3. The molecule has 0 aliphatic carbocycles. The van der Waals surface area contributed by atoms with Gasteiger partial charge in [-0.05, 0) is 63.3 Å². The van der Waals surface area contributed by atoms with Crippen LogP contribution in [0.25, 0.3) is 0 Å². The van der Waals surface area contributed by atoms with Crippen LogP contribution in [0.1, 0.15) is 35.6 Å². The summed E-state index contributed by atoms with van der Waals surface area (Å²) in [5.41, 5.74) is 3.62. The molecule has 1 aromatic carbocycles. The number of hydrogen-bond donors (Lipinski definition) is 0. The highest BCUT2D eigenvalue weighted by atomic mass is 32.2. The molecule has 0 amide bonds. The smallest absolute Gasteiger partial charge is 0.320 e. The molecular weight excluding hydrogens is 352 g/mol. The van der Waals surface area contributed by atoms with Crippen molar-refractivity contribution in [2.24, 2.45) is 0 Å². The molecule has 0 N–H and O–H groups in total. The summed E-state index contributed by atoms with van der Waals surface area (Å²) in [6.45, 7) is 12.1. The van der Waals surface area contributed by atoms with Crippen LogP contribution in [0, 0.1) is 27.7 Å². The number of nitrogens with zero attached hydrogens (tertiary/aromatic N) is 2. The van der Waals surface area contributed by atoms with Crippen molar-refractivity contribution in [1.82, 2.24) is 9.21 Å². The van der Waals surface area contributed by atoms with Crippen molar-refractivity contribution >= 4 is 16.0 Å². The molecule has 0 unspecified atom stereocenters. The van der Waals surface area contributed by atoms with E-state index in [0.717, 1.165) is 22.3 Å². The third kappa shape index (κ3) is 4.45. The van der Waals surface area contributed by atoms with Gasteiger partial charge >= 0.3 is 5.97 Å². The van der Waals surface area contributed by atoms with Crippen molar-refractivity contribution in [1.29, 1.82) is 0 Å². The predicted molar refractivity (Wildman–Crippen MR) is 102 cm³/mol. The monoisotopic (exact) mass is 382 g/mol. The average molecular weight is 383 g/mol. The summed E-state index contributed by atoms with van der Waals surface area (Å²) in [6.07, 6.45) is 0.696. The summed E-state index contributed by atoms with van der Waals surface area (Å²) in [4.78, 5) is 14.1. The molecule has 1 saturated heterocycles. The number of carbonyl (C=O) groups is 1. The summed E-state index contributed by atoms with van der Waals surface area (Å²) in [6, 6.07) is 2.03. The zero-order valence-corrected chi connectivity index (χ0v) is 17.3. The molecule has 0 saturated carbocycles. The number of benzene rings is 1. The fourth-order valence-corrected chi connectivity index (χ4v) is 5.48. The van der Waals surface area contributed by atoms with Crippen molar-refractivity contribution in [3.8, 4) is 0 Å². The second-order valence-electron chi connectivity index (χ2n) is 6.93. The first kappa shape index (κ1) is 20.9. The van der Waals surface area contributed by atoms with Gasteiger partial charge in [0.15, 0.2) is 0 Å². The summed E-state index contributed by atoms with van der Waals surface area (Å²) in [5.74, 6) is -0.259.